The molecule has 0 atom stereocenters. The average Bonchev–Trinajstić information content (AvgIpc) is 3.11. The van der Waals surface area contributed by atoms with Crippen molar-refractivity contribution in [1.82, 2.24) is 9.97 Å². The minimum atomic E-state index is 0.526. The van der Waals surface area contributed by atoms with Gasteiger partial charge in [-0.1, -0.05) is 60.7 Å². The molecule has 0 unspecified atom stereocenters. The van der Waals surface area contributed by atoms with Crippen LogP contribution in [0.25, 0.3) is 28.5 Å². The average molecular weight is 326 g/mol. The molecule has 0 fully saturated rings. The van der Waals surface area contributed by atoms with E-state index in [1.54, 1.807) is 0 Å². The second-order valence-corrected chi connectivity index (χ2v) is 5.75. The Kier molecular flexibility index (Phi) is 4.29. The molecule has 0 saturated heterocycles. The smallest absolute Gasteiger partial charge is 0.138 e. The Morgan fingerprint density at radius 2 is 1.72 bits per heavy atom. The van der Waals surface area contributed by atoms with E-state index in [4.69, 9.17) is 4.74 Å². The van der Waals surface area contributed by atoms with E-state index in [2.05, 4.69) is 28.2 Å². The minimum Gasteiger partial charge on any atom is -0.490 e. The first-order valence-corrected chi connectivity index (χ1v) is 8.28. The Labute approximate surface area is 146 Å². The maximum Gasteiger partial charge on any atom is 0.138 e. The van der Waals surface area contributed by atoms with E-state index in [9.17, 15) is 0 Å². The van der Waals surface area contributed by atoms with Gasteiger partial charge < -0.3 is 9.72 Å². The van der Waals surface area contributed by atoms with Gasteiger partial charge in [-0.05, 0) is 35.9 Å². The number of rotatable bonds is 5. The van der Waals surface area contributed by atoms with Crippen LogP contribution in [-0.2, 0) is 0 Å². The normalized spacial score (nSPS) is 11.2. The summed E-state index contributed by atoms with van der Waals surface area (Å²) in [6, 6.07) is 26.2. The van der Waals surface area contributed by atoms with Crippen molar-refractivity contribution in [1.29, 1.82) is 0 Å². The number of imidazole rings is 1. The van der Waals surface area contributed by atoms with Crippen LogP contribution in [-0.4, -0.2) is 16.6 Å². The molecule has 0 aliphatic rings. The molecular weight excluding hydrogens is 308 g/mol. The van der Waals surface area contributed by atoms with E-state index in [1.165, 1.54) is 5.56 Å². The highest BCUT2D eigenvalue weighted by Crippen LogP contribution is 2.24. The summed E-state index contributed by atoms with van der Waals surface area (Å²) in [5, 5.41) is 0. The highest BCUT2D eigenvalue weighted by Gasteiger charge is 2.05. The molecule has 4 aromatic rings. The van der Waals surface area contributed by atoms with Gasteiger partial charge in [0.1, 0.15) is 18.2 Å². The second kappa shape index (κ2) is 7.05. The third kappa shape index (κ3) is 3.61. The van der Waals surface area contributed by atoms with Gasteiger partial charge in [-0.25, -0.2) is 4.98 Å². The number of nitrogens with zero attached hydrogens (tertiary/aromatic N) is 1. The molecule has 0 amide bonds. The van der Waals surface area contributed by atoms with E-state index in [0.717, 1.165) is 28.2 Å². The van der Waals surface area contributed by atoms with Crippen molar-refractivity contribution in [3.05, 3.63) is 90.5 Å². The van der Waals surface area contributed by atoms with Crippen LogP contribution in [0.15, 0.2) is 84.9 Å². The number of hydrogen-bond donors (Lipinski definition) is 1. The van der Waals surface area contributed by atoms with Gasteiger partial charge in [0.05, 0.1) is 11.0 Å². The molecule has 3 aromatic carbocycles. The fourth-order valence-electron chi connectivity index (χ4n) is 2.72. The van der Waals surface area contributed by atoms with Crippen molar-refractivity contribution in [3.8, 4) is 17.1 Å². The molecule has 0 aliphatic carbocycles. The van der Waals surface area contributed by atoms with E-state index in [1.807, 2.05) is 72.8 Å². The van der Waals surface area contributed by atoms with Crippen molar-refractivity contribution in [2.45, 2.75) is 0 Å². The fourth-order valence-corrected chi connectivity index (χ4v) is 2.72. The predicted octanol–water partition coefficient (Wildman–Crippen LogP) is 5.32. The van der Waals surface area contributed by atoms with Crippen LogP contribution in [0.5, 0.6) is 5.75 Å². The second-order valence-electron chi connectivity index (χ2n) is 5.75. The number of aromatic amines is 1. The fraction of sp³-hybridized carbons (Fsp3) is 0.0455. The number of benzene rings is 3. The number of ether oxygens (including phenoxy) is 1. The van der Waals surface area contributed by atoms with E-state index in [-0.39, 0.29) is 0 Å². The topological polar surface area (TPSA) is 37.9 Å². The lowest BCUT2D eigenvalue weighted by Gasteiger charge is -2.04. The molecule has 0 bridgehead atoms. The summed E-state index contributed by atoms with van der Waals surface area (Å²) in [5.74, 6) is 1.68. The number of para-hydroxylation sites is 2. The van der Waals surface area contributed by atoms with Crippen molar-refractivity contribution in [2.75, 3.05) is 6.61 Å². The van der Waals surface area contributed by atoms with Crippen LogP contribution < -0.4 is 4.74 Å². The zero-order valence-corrected chi connectivity index (χ0v) is 13.7. The highest BCUT2D eigenvalue weighted by atomic mass is 16.5. The summed E-state index contributed by atoms with van der Waals surface area (Å²) in [5.41, 5.74) is 4.19. The molecule has 3 heteroatoms. The summed E-state index contributed by atoms with van der Waals surface area (Å²) in [4.78, 5) is 7.98. The Hall–Kier alpha value is -3.33. The van der Waals surface area contributed by atoms with Gasteiger partial charge in [-0.15, -0.1) is 0 Å². The quantitative estimate of drug-likeness (QED) is 0.539. The molecule has 0 radical (unpaired) electrons. The van der Waals surface area contributed by atoms with Crippen molar-refractivity contribution < 1.29 is 4.74 Å². The lowest BCUT2D eigenvalue weighted by molar-refractivity contribution is 0.364. The lowest BCUT2D eigenvalue weighted by Crippen LogP contribution is -1.93. The van der Waals surface area contributed by atoms with Gasteiger partial charge in [0, 0.05) is 5.56 Å². The first-order chi connectivity index (χ1) is 12.4. The number of H-pyrrole nitrogens is 1. The molecule has 0 aliphatic heterocycles. The lowest BCUT2D eigenvalue weighted by atomic mass is 10.2. The summed E-state index contributed by atoms with van der Waals surface area (Å²) in [6.45, 7) is 0.526. The molecular formula is C22H18N2O. The summed E-state index contributed by atoms with van der Waals surface area (Å²) < 4.78 is 5.84. The standard InChI is InChI=1S/C22H18N2O/c1-2-8-17(9-3-1)10-7-15-25-19-12-6-11-18(16-19)22-23-20-13-4-5-14-21(20)24-22/h1-14,16H,15H2,(H,23,24). The van der Waals surface area contributed by atoms with Crippen molar-refractivity contribution in [3.63, 3.8) is 0 Å². The van der Waals surface area contributed by atoms with Crippen LogP contribution in [0.3, 0.4) is 0 Å². The number of aromatic nitrogens is 2. The zero-order valence-electron chi connectivity index (χ0n) is 13.7. The van der Waals surface area contributed by atoms with Gasteiger partial charge in [0.25, 0.3) is 0 Å². The van der Waals surface area contributed by atoms with Gasteiger partial charge >= 0.3 is 0 Å². The Morgan fingerprint density at radius 1 is 0.880 bits per heavy atom. The Bertz CT molecular complexity index is 970. The first kappa shape index (κ1) is 15.2. The minimum absolute atomic E-state index is 0.526. The van der Waals surface area contributed by atoms with Crippen molar-refractivity contribution in [2.24, 2.45) is 0 Å². The van der Waals surface area contributed by atoms with Crippen LogP contribution >= 0.6 is 0 Å². The van der Waals surface area contributed by atoms with Gasteiger partial charge in [-0.3, -0.25) is 0 Å². The van der Waals surface area contributed by atoms with E-state index in [0.29, 0.717) is 6.61 Å². The monoisotopic (exact) mass is 326 g/mol. The number of fused-ring (bicyclic) bond motifs is 1. The van der Waals surface area contributed by atoms with Crippen LogP contribution in [0, 0.1) is 0 Å². The summed E-state index contributed by atoms with van der Waals surface area (Å²) >= 11 is 0. The van der Waals surface area contributed by atoms with Gasteiger partial charge in [0.2, 0.25) is 0 Å². The molecule has 1 N–H and O–H groups in total. The number of nitrogens with one attached hydrogen (secondary N) is 1. The molecule has 25 heavy (non-hydrogen) atoms. The van der Waals surface area contributed by atoms with Crippen LogP contribution in [0.4, 0.5) is 0 Å². The molecule has 0 saturated carbocycles. The summed E-state index contributed by atoms with van der Waals surface area (Å²) in [6.07, 6.45) is 4.08. The van der Waals surface area contributed by atoms with E-state index < -0.39 is 0 Å². The Balaban J connectivity index is 1.47. The predicted molar refractivity (Wildman–Crippen MR) is 103 cm³/mol. The SMILES string of the molecule is C(=Cc1ccccc1)COc1cccc(-c2nc3ccccc3[nH]2)c1. The first-order valence-electron chi connectivity index (χ1n) is 8.28. The number of hydrogen-bond acceptors (Lipinski definition) is 2. The van der Waals surface area contributed by atoms with Gasteiger partial charge in [-0.2, -0.15) is 0 Å². The van der Waals surface area contributed by atoms with E-state index >= 15 is 0 Å². The largest absolute Gasteiger partial charge is 0.490 e. The highest BCUT2D eigenvalue weighted by molar-refractivity contribution is 5.79. The summed E-state index contributed by atoms with van der Waals surface area (Å²) in [7, 11) is 0. The van der Waals surface area contributed by atoms with Crippen molar-refractivity contribution >= 4 is 17.1 Å². The molecule has 0 spiro atoms. The maximum atomic E-state index is 5.84. The molecule has 122 valence electrons. The molecule has 4 rings (SSSR count). The zero-order chi connectivity index (χ0) is 16.9. The maximum absolute atomic E-state index is 5.84. The van der Waals surface area contributed by atoms with Crippen LogP contribution in [0.1, 0.15) is 5.56 Å². The third-order valence-electron chi connectivity index (χ3n) is 3.95. The third-order valence-corrected chi connectivity index (χ3v) is 3.95. The molecule has 1 aromatic heterocycles. The van der Waals surface area contributed by atoms with Crippen LogP contribution in [0.2, 0.25) is 0 Å². The molecule has 1 heterocycles. The Morgan fingerprint density at radius 3 is 2.60 bits per heavy atom. The molecule has 3 nitrogen and oxygen atoms in total. The van der Waals surface area contributed by atoms with Gasteiger partial charge in [0.15, 0.2) is 0 Å².